The van der Waals surface area contributed by atoms with E-state index in [2.05, 4.69) is 0 Å². The summed E-state index contributed by atoms with van der Waals surface area (Å²) < 4.78 is 11.2. The van der Waals surface area contributed by atoms with E-state index in [1.54, 1.807) is 30.3 Å². The molecule has 2 aliphatic heterocycles. The summed E-state index contributed by atoms with van der Waals surface area (Å²) in [5.74, 6) is -1.26. The highest BCUT2D eigenvalue weighted by Gasteiger charge is 2.48. The minimum atomic E-state index is -0.824. The van der Waals surface area contributed by atoms with Crippen LogP contribution in [0.25, 0.3) is 5.76 Å². The van der Waals surface area contributed by atoms with E-state index in [0.29, 0.717) is 28.5 Å². The summed E-state index contributed by atoms with van der Waals surface area (Å²) in [6.07, 6.45) is 1.53. The Balaban J connectivity index is 1.87. The van der Waals surface area contributed by atoms with Gasteiger partial charge < -0.3 is 19.5 Å². The number of nitrogens with zero attached hydrogens (tertiary/aromatic N) is 1. The number of rotatable bonds is 5. The second-order valence-electron chi connectivity index (χ2n) is 7.46. The fraction of sp³-hybridized carbons (Fsp3) is 0.304. The molecule has 0 saturated carbocycles. The molecule has 162 valence electrons. The van der Waals surface area contributed by atoms with Gasteiger partial charge in [0.25, 0.3) is 11.7 Å². The van der Waals surface area contributed by atoms with Crippen molar-refractivity contribution in [1.82, 2.24) is 4.90 Å². The number of likely N-dealkylation sites (tertiary alicyclic amines) is 1. The Morgan fingerprint density at radius 2 is 1.97 bits per heavy atom. The number of amides is 1. The molecule has 2 fully saturated rings. The molecule has 6 nitrogen and oxygen atoms in total. The normalized spacial score (nSPS) is 22.9. The van der Waals surface area contributed by atoms with E-state index in [-0.39, 0.29) is 29.0 Å². The van der Waals surface area contributed by atoms with Gasteiger partial charge in [0.1, 0.15) is 11.5 Å². The smallest absolute Gasteiger partial charge is 0.295 e. The first-order chi connectivity index (χ1) is 14.9. The molecule has 2 heterocycles. The molecule has 2 unspecified atom stereocenters. The van der Waals surface area contributed by atoms with E-state index in [1.165, 1.54) is 24.1 Å². The van der Waals surface area contributed by atoms with Gasteiger partial charge >= 0.3 is 0 Å². The van der Waals surface area contributed by atoms with Crippen molar-refractivity contribution in [2.24, 2.45) is 0 Å². The monoisotopic (exact) mass is 461 g/mol. The average Bonchev–Trinajstić information content (AvgIpc) is 3.37. The van der Waals surface area contributed by atoms with Crippen LogP contribution < -0.4 is 4.74 Å². The zero-order valence-electron chi connectivity index (χ0n) is 16.8. The molecule has 1 amide bonds. The van der Waals surface area contributed by atoms with Gasteiger partial charge in [-0.2, -0.15) is 0 Å². The molecule has 4 rings (SSSR count). The first-order valence-electron chi connectivity index (χ1n) is 9.90. The average molecular weight is 462 g/mol. The Bertz CT molecular complexity index is 1060. The SMILES string of the molecule is COc1ccccc1C1/C(=C(\O)c2ccc(Cl)c(Cl)c2)C(=O)C(=O)N1CC1CCCO1. The number of Topliss-reactive ketones (excluding diaryl/α,β-unsaturated/α-hetero) is 1. The Labute approximate surface area is 190 Å². The number of hydrogen-bond donors (Lipinski definition) is 1. The summed E-state index contributed by atoms with van der Waals surface area (Å²) >= 11 is 12.1. The third kappa shape index (κ3) is 4.03. The van der Waals surface area contributed by atoms with Gasteiger partial charge in [-0.1, -0.05) is 41.4 Å². The van der Waals surface area contributed by atoms with Crippen LogP contribution in [-0.4, -0.2) is 48.1 Å². The number of methoxy groups -OCH3 is 1. The molecular weight excluding hydrogens is 441 g/mol. The lowest BCUT2D eigenvalue weighted by atomic mass is 9.94. The van der Waals surface area contributed by atoms with Gasteiger partial charge in [0.2, 0.25) is 0 Å². The van der Waals surface area contributed by atoms with Crippen LogP contribution in [0.15, 0.2) is 48.0 Å². The predicted octanol–water partition coefficient (Wildman–Crippen LogP) is 4.60. The lowest BCUT2D eigenvalue weighted by Crippen LogP contribution is -2.36. The van der Waals surface area contributed by atoms with Crippen molar-refractivity contribution in [2.75, 3.05) is 20.3 Å². The molecule has 2 aromatic rings. The van der Waals surface area contributed by atoms with E-state index in [4.69, 9.17) is 32.7 Å². The van der Waals surface area contributed by atoms with Crippen molar-refractivity contribution < 1.29 is 24.2 Å². The second-order valence-corrected chi connectivity index (χ2v) is 8.27. The van der Waals surface area contributed by atoms with Crippen LogP contribution in [0.5, 0.6) is 5.75 Å². The van der Waals surface area contributed by atoms with E-state index >= 15 is 0 Å². The summed E-state index contributed by atoms with van der Waals surface area (Å²) in [6.45, 7) is 0.864. The van der Waals surface area contributed by atoms with Crippen molar-refractivity contribution in [2.45, 2.75) is 25.0 Å². The number of para-hydroxylation sites is 1. The Morgan fingerprint density at radius 3 is 2.65 bits per heavy atom. The van der Waals surface area contributed by atoms with E-state index in [1.807, 2.05) is 0 Å². The van der Waals surface area contributed by atoms with Gasteiger partial charge in [-0.15, -0.1) is 0 Å². The van der Waals surface area contributed by atoms with Crippen molar-refractivity contribution in [3.8, 4) is 5.75 Å². The molecule has 0 aliphatic carbocycles. The number of aliphatic hydroxyl groups is 1. The zero-order chi connectivity index (χ0) is 22.1. The molecule has 2 atom stereocenters. The third-order valence-electron chi connectivity index (χ3n) is 5.59. The molecular formula is C23H21Cl2NO5. The lowest BCUT2D eigenvalue weighted by Gasteiger charge is -2.28. The molecule has 0 radical (unpaired) electrons. The molecule has 1 N–H and O–H groups in total. The summed E-state index contributed by atoms with van der Waals surface area (Å²) in [4.78, 5) is 27.6. The molecule has 0 aromatic heterocycles. The minimum absolute atomic E-state index is 0.0223. The fourth-order valence-electron chi connectivity index (χ4n) is 4.09. The summed E-state index contributed by atoms with van der Waals surface area (Å²) in [5, 5.41) is 11.7. The highest BCUT2D eigenvalue weighted by molar-refractivity contribution is 6.47. The minimum Gasteiger partial charge on any atom is -0.507 e. The molecule has 0 spiro atoms. The Morgan fingerprint density at radius 1 is 1.19 bits per heavy atom. The highest BCUT2D eigenvalue weighted by Crippen LogP contribution is 2.43. The second kappa shape index (κ2) is 8.91. The Hall–Kier alpha value is -2.54. The molecule has 8 heteroatoms. The third-order valence-corrected chi connectivity index (χ3v) is 6.33. The van der Waals surface area contributed by atoms with Crippen molar-refractivity contribution >= 4 is 40.7 Å². The number of carbonyl (C=O) groups excluding carboxylic acids is 2. The predicted molar refractivity (Wildman–Crippen MR) is 117 cm³/mol. The van der Waals surface area contributed by atoms with Crippen LogP contribution in [0.2, 0.25) is 10.0 Å². The Kier molecular flexibility index (Phi) is 6.23. The van der Waals surface area contributed by atoms with Crippen LogP contribution in [0, 0.1) is 0 Å². The van der Waals surface area contributed by atoms with E-state index in [9.17, 15) is 14.7 Å². The van der Waals surface area contributed by atoms with E-state index < -0.39 is 17.7 Å². The van der Waals surface area contributed by atoms with Gasteiger partial charge in [0.15, 0.2) is 0 Å². The number of carbonyl (C=O) groups is 2. The summed E-state index contributed by atoms with van der Waals surface area (Å²) in [7, 11) is 1.52. The van der Waals surface area contributed by atoms with Gasteiger partial charge in [0, 0.05) is 24.3 Å². The summed E-state index contributed by atoms with van der Waals surface area (Å²) in [5.41, 5.74) is 0.874. The van der Waals surface area contributed by atoms with Crippen LogP contribution in [0.1, 0.15) is 30.0 Å². The maximum Gasteiger partial charge on any atom is 0.295 e. The van der Waals surface area contributed by atoms with Crippen LogP contribution >= 0.6 is 23.2 Å². The molecule has 31 heavy (non-hydrogen) atoms. The van der Waals surface area contributed by atoms with Crippen molar-refractivity contribution in [3.63, 3.8) is 0 Å². The summed E-state index contributed by atoms with van der Waals surface area (Å²) in [6, 6.07) is 10.8. The molecule has 2 aliphatic rings. The molecule has 0 bridgehead atoms. The van der Waals surface area contributed by atoms with Crippen molar-refractivity contribution in [1.29, 1.82) is 0 Å². The first kappa shape index (κ1) is 21.7. The van der Waals surface area contributed by atoms with Crippen LogP contribution in [0.4, 0.5) is 0 Å². The number of benzene rings is 2. The van der Waals surface area contributed by atoms with Gasteiger partial charge in [-0.25, -0.2) is 0 Å². The topological polar surface area (TPSA) is 76.1 Å². The maximum absolute atomic E-state index is 13.1. The zero-order valence-corrected chi connectivity index (χ0v) is 18.3. The lowest BCUT2D eigenvalue weighted by molar-refractivity contribution is -0.140. The van der Waals surface area contributed by atoms with Crippen LogP contribution in [-0.2, 0) is 14.3 Å². The quantitative estimate of drug-likeness (QED) is 0.399. The fourth-order valence-corrected chi connectivity index (χ4v) is 4.39. The first-order valence-corrected chi connectivity index (χ1v) is 10.7. The number of ketones is 1. The van der Waals surface area contributed by atoms with Crippen LogP contribution in [0.3, 0.4) is 0 Å². The van der Waals surface area contributed by atoms with Gasteiger partial charge in [-0.05, 0) is 37.1 Å². The number of halogens is 2. The standard InChI is InChI=1S/C23H21Cl2NO5/c1-30-18-7-3-2-6-15(18)20-19(21(27)13-8-9-16(24)17(25)11-13)22(28)23(29)26(20)12-14-5-4-10-31-14/h2-3,6-9,11,14,20,27H,4-5,10,12H2,1H3/b21-19+. The number of aliphatic hydroxyl groups excluding tert-OH is 1. The van der Waals surface area contributed by atoms with Gasteiger partial charge in [0.05, 0.1) is 34.9 Å². The maximum atomic E-state index is 13.1. The van der Waals surface area contributed by atoms with Crippen molar-refractivity contribution in [3.05, 3.63) is 69.2 Å². The number of hydrogen-bond acceptors (Lipinski definition) is 5. The number of ether oxygens (including phenoxy) is 2. The largest absolute Gasteiger partial charge is 0.507 e. The van der Waals surface area contributed by atoms with E-state index in [0.717, 1.165) is 12.8 Å². The van der Waals surface area contributed by atoms with Gasteiger partial charge in [-0.3, -0.25) is 9.59 Å². The molecule has 2 aromatic carbocycles. The molecule has 2 saturated heterocycles. The highest BCUT2D eigenvalue weighted by atomic mass is 35.5.